The van der Waals surface area contributed by atoms with E-state index in [1.165, 1.54) is 0 Å². The van der Waals surface area contributed by atoms with Crippen LogP contribution in [-0.2, 0) is 14.3 Å². The molecule has 9 heteroatoms. The lowest BCUT2D eigenvalue weighted by Crippen LogP contribution is -2.32. The molecule has 29 heavy (non-hydrogen) atoms. The van der Waals surface area contributed by atoms with E-state index < -0.39 is 24.4 Å². The highest BCUT2D eigenvalue weighted by Crippen LogP contribution is 2.18. The third kappa shape index (κ3) is 5.73. The van der Waals surface area contributed by atoms with Crippen LogP contribution in [0.3, 0.4) is 0 Å². The van der Waals surface area contributed by atoms with Gasteiger partial charge in [-0.15, -0.1) is 5.10 Å². The minimum absolute atomic E-state index is 0.113. The molecule has 2 amide bonds. The molecule has 0 saturated heterocycles. The molecule has 2 N–H and O–H groups in total. The van der Waals surface area contributed by atoms with Gasteiger partial charge in [0.25, 0.3) is 11.8 Å². The molecule has 3 rings (SSSR count). The average Bonchev–Trinajstić information content (AvgIpc) is 3.20. The molecule has 0 saturated carbocycles. The molecule has 1 aromatic heterocycles. The van der Waals surface area contributed by atoms with Gasteiger partial charge >= 0.3 is 12.0 Å². The number of anilines is 1. The number of hydrogen-bond acceptors (Lipinski definition) is 7. The monoisotopic (exact) mass is 394 g/mol. The van der Waals surface area contributed by atoms with Gasteiger partial charge in [-0.1, -0.05) is 41.0 Å². The van der Waals surface area contributed by atoms with Crippen LogP contribution in [0.25, 0.3) is 11.5 Å². The van der Waals surface area contributed by atoms with Crippen molar-refractivity contribution in [2.45, 2.75) is 6.92 Å². The Bertz CT molecular complexity index is 999. The Morgan fingerprint density at radius 3 is 2.45 bits per heavy atom. The van der Waals surface area contributed by atoms with E-state index in [-0.39, 0.29) is 18.5 Å². The number of esters is 1. The predicted molar refractivity (Wildman–Crippen MR) is 103 cm³/mol. The number of carbonyl (C=O) groups is 3. The van der Waals surface area contributed by atoms with E-state index >= 15 is 0 Å². The summed E-state index contributed by atoms with van der Waals surface area (Å²) in [6.07, 6.45) is 0. The van der Waals surface area contributed by atoms with Crippen LogP contribution in [0.15, 0.2) is 59.0 Å². The van der Waals surface area contributed by atoms with Crippen molar-refractivity contribution in [2.24, 2.45) is 0 Å². The fraction of sp³-hybridized carbons (Fsp3) is 0.150. The number of hydrogen-bond donors (Lipinski definition) is 2. The molecule has 3 aromatic rings. The van der Waals surface area contributed by atoms with E-state index in [9.17, 15) is 14.4 Å². The summed E-state index contributed by atoms with van der Waals surface area (Å²) < 4.78 is 10.1. The van der Waals surface area contributed by atoms with Gasteiger partial charge < -0.3 is 14.5 Å². The number of rotatable bonds is 7. The fourth-order valence-corrected chi connectivity index (χ4v) is 2.28. The first-order valence-electron chi connectivity index (χ1n) is 8.70. The van der Waals surface area contributed by atoms with Gasteiger partial charge in [-0.3, -0.25) is 19.7 Å². The standard InChI is InChI=1S/C20H18N4O5/c1-13-7-9-14(10-8-13)18(27)21-11-17(26)28-12-16(25)22-20-24-23-19(29-20)15-5-3-2-4-6-15/h2-10H,11-12H2,1H3,(H,21,27)(H,22,24,25). The highest BCUT2D eigenvalue weighted by atomic mass is 16.5. The van der Waals surface area contributed by atoms with Gasteiger partial charge in [-0.2, -0.15) is 0 Å². The molecule has 2 aromatic carbocycles. The van der Waals surface area contributed by atoms with Gasteiger partial charge in [0.1, 0.15) is 6.54 Å². The van der Waals surface area contributed by atoms with E-state index in [1.807, 2.05) is 25.1 Å². The van der Waals surface area contributed by atoms with Crippen LogP contribution in [0.2, 0.25) is 0 Å². The highest BCUT2D eigenvalue weighted by molar-refractivity contribution is 5.96. The molecular weight excluding hydrogens is 376 g/mol. The number of benzene rings is 2. The van der Waals surface area contributed by atoms with Gasteiger partial charge in [0.05, 0.1) is 0 Å². The van der Waals surface area contributed by atoms with Crippen LogP contribution >= 0.6 is 0 Å². The zero-order valence-corrected chi connectivity index (χ0v) is 15.5. The molecule has 148 valence electrons. The Labute approximate surface area is 166 Å². The topological polar surface area (TPSA) is 123 Å². The van der Waals surface area contributed by atoms with E-state index in [0.29, 0.717) is 11.1 Å². The van der Waals surface area contributed by atoms with Gasteiger partial charge in [0.15, 0.2) is 6.61 Å². The second-order valence-corrected chi connectivity index (χ2v) is 6.04. The summed E-state index contributed by atoms with van der Waals surface area (Å²) in [6.45, 7) is 0.988. The molecule has 0 bridgehead atoms. The summed E-state index contributed by atoms with van der Waals surface area (Å²) in [5, 5.41) is 12.3. The lowest BCUT2D eigenvalue weighted by molar-refractivity contribution is -0.146. The van der Waals surface area contributed by atoms with E-state index in [0.717, 1.165) is 5.56 Å². The first-order chi connectivity index (χ1) is 14.0. The Morgan fingerprint density at radius 1 is 1.00 bits per heavy atom. The van der Waals surface area contributed by atoms with Gasteiger partial charge in [-0.25, -0.2) is 0 Å². The Kier molecular flexibility index (Phi) is 6.31. The number of carbonyl (C=O) groups excluding carboxylic acids is 3. The third-order valence-electron chi connectivity index (χ3n) is 3.76. The highest BCUT2D eigenvalue weighted by Gasteiger charge is 2.14. The van der Waals surface area contributed by atoms with Crippen LogP contribution in [0.4, 0.5) is 6.01 Å². The molecule has 0 aliphatic rings. The van der Waals surface area contributed by atoms with Crippen LogP contribution in [0.5, 0.6) is 0 Å². The summed E-state index contributed by atoms with van der Waals surface area (Å²) in [5.41, 5.74) is 2.15. The Balaban J connectivity index is 1.41. The maximum Gasteiger partial charge on any atom is 0.325 e. The minimum Gasteiger partial charge on any atom is -0.454 e. The largest absolute Gasteiger partial charge is 0.454 e. The summed E-state index contributed by atoms with van der Waals surface area (Å²) >= 11 is 0. The zero-order valence-electron chi connectivity index (χ0n) is 15.5. The molecule has 0 aliphatic carbocycles. The molecule has 0 spiro atoms. The summed E-state index contributed by atoms with van der Waals surface area (Å²) in [7, 11) is 0. The lowest BCUT2D eigenvalue weighted by atomic mass is 10.1. The summed E-state index contributed by atoms with van der Waals surface area (Å²) in [4.78, 5) is 35.5. The van der Waals surface area contributed by atoms with E-state index in [2.05, 4.69) is 20.8 Å². The maximum atomic E-state index is 11.9. The Hall–Kier alpha value is -4.01. The van der Waals surface area contributed by atoms with Crippen LogP contribution in [0, 0.1) is 6.92 Å². The Morgan fingerprint density at radius 2 is 1.72 bits per heavy atom. The number of amides is 2. The molecule has 0 atom stereocenters. The van der Waals surface area contributed by atoms with Crippen molar-refractivity contribution in [2.75, 3.05) is 18.5 Å². The molecule has 9 nitrogen and oxygen atoms in total. The van der Waals surface area contributed by atoms with Crippen molar-refractivity contribution in [1.82, 2.24) is 15.5 Å². The smallest absolute Gasteiger partial charge is 0.325 e. The van der Waals surface area contributed by atoms with Crippen molar-refractivity contribution in [1.29, 1.82) is 0 Å². The number of aromatic nitrogens is 2. The van der Waals surface area contributed by atoms with E-state index in [1.54, 1.807) is 36.4 Å². The quantitative estimate of drug-likeness (QED) is 0.587. The molecule has 0 unspecified atom stereocenters. The van der Waals surface area contributed by atoms with Crippen molar-refractivity contribution >= 4 is 23.8 Å². The summed E-state index contributed by atoms with van der Waals surface area (Å²) in [6, 6.07) is 15.8. The SMILES string of the molecule is Cc1ccc(C(=O)NCC(=O)OCC(=O)Nc2nnc(-c3ccccc3)o2)cc1. The number of nitrogens with one attached hydrogen (secondary N) is 2. The van der Waals surface area contributed by atoms with Gasteiger partial charge in [0, 0.05) is 11.1 Å². The summed E-state index contributed by atoms with van der Waals surface area (Å²) in [5.74, 6) is -1.56. The third-order valence-corrected chi connectivity index (χ3v) is 3.76. The minimum atomic E-state index is -0.754. The molecular formula is C20H18N4O5. The van der Waals surface area contributed by atoms with Gasteiger partial charge in [-0.05, 0) is 31.2 Å². The zero-order chi connectivity index (χ0) is 20.6. The van der Waals surface area contributed by atoms with Crippen LogP contribution < -0.4 is 10.6 Å². The van der Waals surface area contributed by atoms with Crippen molar-refractivity contribution < 1.29 is 23.5 Å². The molecule has 0 aliphatic heterocycles. The van der Waals surface area contributed by atoms with Crippen LogP contribution in [-0.4, -0.2) is 41.1 Å². The lowest BCUT2D eigenvalue weighted by Gasteiger charge is -2.06. The first-order valence-corrected chi connectivity index (χ1v) is 8.70. The molecule has 1 heterocycles. The second-order valence-electron chi connectivity index (χ2n) is 6.04. The average molecular weight is 394 g/mol. The normalized spacial score (nSPS) is 10.2. The maximum absolute atomic E-state index is 11.9. The number of ether oxygens (including phenoxy) is 1. The van der Waals surface area contributed by atoms with Crippen LogP contribution in [0.1, 0.15) is 15.9 Å². The number of nitrogens with zero attached hydrogens (tertiary/aromatic N) is 2. The van der Waals surface area contributed by atoms with Gasteiger partial charge in [0.2, 0.25) is 5.89 Å². The second kappa shape index (κ2) is 9.27. The first kappa shape index (κ1) is 19.7. The van der Waals surface area contributed by atoms with E-state index in [4.69, 9.17) is 9.15 Å². The molecule has 0 fully saturated rings. The molecule has 0 radical (unpaired) electrons. The van der Waals surface area contributed by atoms with Crippen molar-refractivity contribution in [3.63, 3.8) is 0 Å². The fourth-order valence-electron chi connectivity index (χ4n) is 2.28. The number of aryl methyl sites for hydroxylation is 1. The van der Waals surface area contributed by atoms with Crippen molar-refractivity contribution in [3.05, 3.63) is 65.7 Å². The van der Waals surface area contributed by atoms with Crippen molar-refractivity contribution in [3.8, 4) is 11.5 Å². The predicted octanol–water partition coefficient (Wildman–Crippen LogP) is 1.96.